The Bertz CT molecular complexity index is 778. The second-order valence-electron chi connectivity index (χ2n) is 8.45. The summed E-state index contributed by atoms with van der Waals surface area (Å²) in [5.74, 6) is -3.00. The fourth-order valence-electron chi connectivity index (χ4n) is 2.76. The number of nitrogens with zero attached hydrogens (tertiary/aromatic N) is 1. The molecule has 0 aromatic carbocycles. The minimum atomic E-state index is -1.00. The van der Waals surface area contributed by atoms with Crippen LogP contribution in [0.25, 0.3) is 0 Å². The molecule has 192 valence electrons. The van der Waals surface area contributed by atoms with Crippen molar-refractivity contribution in [3.63, 3.8) is 0 Å². The Morgan fingerprint density at radius 3 is 1.85 bits per heavy atom. The third kappa shape index (κ3) is 15.4. The normalized spacial score (nSPS) is 11.5. The minimum absolute atomic E-state index is 0.0203. The molecule has 0 aliphatic rings. The van der Waals surface area contributed by atoms with Gasteiger partial charge in [-0.3, -0.25) is 4.79 Å². The first-order valence-corrected chi connectivity index (χ1v) is 10.6. The third-order valence-electron chi connectivity index (χ3n) is 4.20. The number of hydrogen-bond acceptors (Lipinski definition) is 8. The molecule has 0 aliphatic heterocycles. The van der Waals surface area contributed by atoms with Gasteiger partial charge >= 0.3 is 24.0 Å². The molecular weight excluding hydrogens is 450 g/mol. The Labute approximate surface area is 199 Å². The van der Waals surface area contributed by atoms with Gasteiger partial charge in [0.2, 0.25) is 5.91 Å². The number of esters is 2. The predicted molar refractivity (Wildman–Crippen MR) is 121 cm³/mol. The van der Waals surface area contributed by atoms with Crippen molar-refractivity contribution in [1.82, 2.24) is 10.6 Å². The molecule has 2 amide bonds. The van der Waals surface area contributed by atoms with Gasteiger partial charge in [0.25, 0.3) is 0 Å². The van der Waals surface area contributed by atoms with Gasteiger partial charge in [-0.15, -0.1) is 0 Å². The summed E-state index contributed by atoms with van der Waals surface area (Å²) in [4.78, 5) is 58.0. The Kier molecular flexibility index (Phi) is 13.9. The number of quaternary nitrogens is 1. The zero-order valence-electron chi connectivity index (χ0n) is 20.3. The van der Waals surface area contributed by atoms with E-state index >= 15 is 0 Å². The molecule has 0 heterocycles. The summed E-state index contributed by atoms with van der Waals surface area (Å²) in [6.45, 7) is 9.84. The predicted octanol–water partition coefficient (Wildman–Crippen LogP) is 0.235. The molecule has 0 aliphatic carbocycles. The number of likely N-dealkylation sites (N-methyl/N-ethyl adjacent to an activating group) is 1. The lowest BCUT2D eigenvalue weighted by molar-refractivity contribution is -0.886. The number of aliphatic carboxylic acids is 1. The molecule has 12 heteroatoms. The van der Waals surface area contributed by atoms with Gasteiger partial charge in [0.15, 0.2) is 6.54 Å². The van der Waals surface area contributed by atoms with Crippen molar-refractivity contribution < 1.29 is 47.8 Å². The van der Waals surface area contributed by atoms with Crippen LogP contribution in [-0.2, 0) is 33.4 Å². The van der Waals surface area contributed by atoms with Crippen LogP contribution in [0.4, 0.5) is 4.79 Å². The second kappa shape index (κ2) is 15.4. The van der Waals surface area contributed by atoms with E-state index in [-0.39, 0.29) is 74.0 Å². The standard InChI is InChI=1S/C22H35N3O9/c1-15(2)20(29)32-9-7-23-18(26)11-17(12-25(5,6)13-19(27)28)14-34-22(31)24-8-10-33-21(30)16(3)4/h17H,1,3,7-14H2,2,4-6H3,(H2-,23,24,26,27,28,31)/p+1. The Hall–Kier alpha value is -3.41. The summed E-state index contributed by atoms with van der Waals surface area (Å²) in [6.07, 6.45) is -0.814. The van der Waals surface area contributed by atoms with E-state index in [0.29, 0.717) is 0 Å². The number of rotatable bonds is 16. The van der Waals surface area contributed by atoms with Crippen LogP contribution in [0.15, 0.2) is 24.3 Å². The van der Waals surface area contributed by atoms with Crippen LogP contribution >= 0.6 is 0 Å². The van der Waals surface area contributed by atoms with Crippen LogP contribution in [0.1, 0.15) is 20.3 Å². The van der Waals surface area contributed by atoms with Crippen LogP contribution in [-0.4, -0.2) is 99.6 Å². The smallest absolute Gasteiger partial charge is 0.407 e. The Morgan fingerprint density at radius 1 is 0.882 bits per heavy atom. The zero-order chi connectivity index (χ0) is 26.3. The first kappa shape index (κ1) is 30.6. The van der Waals surface area contributed by atoms with E-state index in [2.05, 4.69) is 23.8 Å². The number of carbonyl (C=O) groups is 5. The van der Waals surface area contributed by atoms with Gasteiger partial charge in [-0.1, -0.05) is 13.2 Å². The molecule has 0 saturated heterocycles. The fraction of sp³-hybridized carbons (Fsp3) is 0.591. The highest BCUT2D eigenvalue weighted by Crippen LogP contribution is 2.11. The van der Waals surface area contributed by atoms with Crippen molar-refractivity contribution in [2.45, 2.75) is 20.3 Å². The summed E-state index contributed by atoms with van der Waals surface area (Å²) in [5, 5.41) is 14.1. The van der Waals surface area contributed by atoms with Crippen molar-refractivity contribution in [3.8, 4) is 0 Å². The Morgan fingerprint density at radius 2 is 1.38 bits per heavy atom. The van der Waals surface area contributed by atoms with Crippen molar-refractivity contribution >= 4 is 29.9 Å². The average molecular weight is 487 g/mol. The van der Waals surface area contributed by atoms with Gasteiger partial charge in [0, 0.05) is 17.6 Å². The Balaban J connectivity index is 4.70. The van der Waals surface area contributed by atoms with E-state index in [1.807, 2.05) is 0 Å². The van der Waals surface area contributed by atoms with Crippen molar-refractivity contribution in [2.24, 2.45) is 5.92 Å². The monoisotopic (exact) mass is 486 g/mol. The molecule has 0 aromatic rings. The number of hydrogen-bond donors (Lipinski definition) is 3. The molecule has 34 heavy (non-hydrogen) atoms. The van der Waals surface area contributed by atoms with Crippen LogP contribution < -0.4 is 10.6 Å². The van der Waals surface area contributed by atoms with Crippen molar-refractivity contribution in [3.05, 3.63) is 24.3 Å². The highest BCUT2D eigenvalue weighted by molar-refractivity contribution is 5.87. The molecular formula is C22H36N3O9+. The molecule has 1 atom stereocenters. The number of ether oxygens (including phenoxy) is 3. The van der Waals surface area contributed by atoms with E-state index < -0.39 is 29.9 Å². The molecule has 0 radical (unpaired) electrons. The molecule has 0 saturated carbocycles. The second-order valence-corrected chi connectivity index (χ2v) is 8.45. The van der Waals surface area contributed by atoms with Crippen LogP contribution in [0, 0.1) is 5.92 Å². The SMILES string of the molecule is C=C(C)C(=O)OCCNC(=O)CC(COC(=O)NCCOC(=O)C(=C)C)C[N+](C)(C)CC(=O)O. The molecule has 0 rings (SSSR count). The average Bonchev–Trinajstić information content (AvgIpc) is 2.70. The largest absolute Gasteiger partial charge is 0.477 e. The lowest BCUT2D eigenvalue weighted by Gasteiger charge is -2.31. The number of carboxylic acid groups (broad SMARTS) is 1. The van der Waals surface area contributed by atoms with Gasteiger partial charge in [-0.25, -0.2) is 19.2 Å². The maximum absolute atomic E-state index is 12.3. The van der Waals surface area contributed by atoms with Crippen molar-refractivity contribution in [2.75, 3.05) is 60.1 Å². The zero-order valence-corrected chi connectivity index (χ0v) is 20.3. The van der Waals surface area contributed by atoms with E-state index in [1.54, 1.807) is 14.1 Å². The molecule has 1 unspecified atom stereocenters. The molecule has 12 nitrogen and oxygen atoms in total. The van der Waals surface area contributed by atoms with E-state index in [1.165, 1.54) is 13.8 Å². The van der Waals surface area contributed by atoms with Gasteiger partial charge in [-0.05, 0) is 13.8 Å². The number of carboxylic acids is 1. The lowest BCUT2D eigenvalue weighted by Crippen LogP contribution is -2.48. The summed E-state index contributed by atoms with van der Waals surface area (Å²) in [5.41, 5.74) is 0.481. The van der Waals surface area contributed by atoms with E-state index in [9.17, 15) is 24.0 Å². The summed E-state index contributed by atoms with van der Waals surface area (Å²) >= 11 is 0. The van der Waals surface area contributed by atoms with Gasteiger partial charge in [0.1, 0.15) is 19.8 Å². The first-order valence-electron chi connectivity index (χ1n) is 10.6. The fourth-order valence-corrected chi connectivity index (χ4v) is 2.76. The van der Waals surface area contributed by atoms with Gasteiger partial charge in [-0.2, -0.15) is 0 Å². The number of carbonyl (C=O) groups excluding carboxylic acids is 4. The number of nitrogens with one attached hydrogen (secondary N) is 2. The van der Waals surface area contributed by atoms with Gasteiger partial charge < -0.3 is 34.4 Å². The quantitative estimate of drug-likeness (QED) is 0.0913. The number of amides is 2. The first-order chi connectivity index (χ1) is 15.7. The van der Waals surface area contributed by atoms with Crippen molar-refractivity contribution in [1.29, 1.82) is 0 Å². The molecule has 3 N–H and O–H groups in total. The third-order valence-corrected chi connectivity index (χ3v) is 4.20. The van der Waals surface area contributed by atoms with Crippen LogP contribution in [0.3, 0.4) is 0 Å². The van der Waals surface area contributed by atoms with E-state index in [0.717, 1.165) is 0 Å². The molecule has 0 fully saturated rings. The summed E-state index contributed by atoms with van der Waals surface area (Å²) in [7, 11) is 3.37. The highest BCUT2D eigenvalue weighted by atomic mass is 16.6. The van der Waals surface area contributed by atoms with E-state index in [4.69, 9.17) is 19.3 Å². The maximum atomic E-state index is 12.3. The lowest BCUT2D eigenvalue weighted by atomic mass is 10.0. The topological polar surface area (TPSA) is 157 Å². The summed E-state index contributed by atoms with van der Waals surface area (Å²) < 4.78 is 15.0. The number of alkyl carbamates (subject to hydrolysis) is 1. The highest BCUT2D eigenvalue weighted by Gasteiger charge is 2.27. The molecule has 0 aromatic heterocycles. The van der Waals surface area contributed by atoms with Crippen LogP contribution in [0.2, 0.25) is 0 Å². The summed E-state index contributed by atoms with van der Waals surface area (Å²) in [6, 6.07) is 0. The minimum Gasteiger partial charge on any atom is -0.477 e. The van der Waals surface area contributed by atoms with Crippen LogP contribution in [0.5, 0.6) is 0 Å². The molecule has 0 bridgehead atoms. The maximum Gasteiger partial charge on any atom is 0.407 e. The van der Waals surface area contributed by atoms with Gasteiger partial charge in [0.05, 0.1) is 39.6 Å². The molecule has 0 spiro atoms.